The van der Waals surface area contributed by atoms with Crippen LogP contribution in [0, 0.1) is 0 Å². The van der Waals surface area contributed by atoms with Crippen LogP contribution in [0.3, 0.4) is 0 Å². The molecule has 11 rings (SSSR count). The Morgan fingerprint density at radius 1 is 0.214 bits per heavy atom. The minimum Gasteiger partial charge on any atom is -0.208 e. The second-order valence-electron chi connectivity index (χ2n) is 14.3. The molecule has 0 N–H and O–H groups in total. The first-order valence-corrected chi connectivity index (χ1v) is 19.0. The van der Waals surface area contributed by atoms with Gasteiger partial charge in [0.25, 0.3) is 0 Å². The van der Waals surface area contributed by atoms with Crippen LogP contribution >= 0.6 is 0 Å². The van der Waals surface area contributed by atoms with Crippen LogP contribution in [0.5, 0.6) is 0 Å². The Labute approximate surface area is 324 Å². The molecule has 0 aliphatic carbocycles. The van der Waals surface area contributed by atoms with Gasteiger partial charge < -0.3 is 0 Å². The Morgan fingerprint density at radius 3 is 1.00 bits per heavy atom. The lowest BCUT2D eigenvalue weighted by Gasteiger charge is -2.19. The van der Waals surface area contributed by atoms with Crippen molar-refractivity contribution < 1.29 is 0 Å². The lowest BCUT2D eigenvalue weighted by atomic mass is 9.84. The minimum absolute atomic E-state index is 0.637. The van der Waals surface area contributed by atoms with Crippen LogP contribution in [0.15, 0.2) is 200 Å². The smallest absolute Gasteiger partial charge is 0.164 e. The second kappa shape index (κ2) is 13.1. The van der Waals surface area contributed by atoms with Crippen LogP contribution in [0.4, 0.5) is 0 Å². The SMILES string of the molecule is c1ccc2c(-c3nc(-c4ccc(-c5c6ccccc6c(-c6cccc7ccccc67)c6ccccc56)cc4)nc(-c4cccc5ccccc45)n3)cccc2c1. The quantitative estimate of drug-likeness (QED) is 0.167. The molecule has 0 aliphatic heterocycles. The largest absolute Gasteiger partial charge is 0.208 e. The standard InChI is InChI=1S/C53H33N3/c1-4-20-39-34(14-1)17-11-27-42(39)50-45-25-9-7-23-43(45)49(44-24-8-10-26-46(44)50)37-30-32-38(33-31-37)51-54-52(47-28-12-18-35-15-2-5-21-40(35)47)56-53(55-51)48-29-13-19-36-16-3-6-22-41(36)48/h1-33H. The zero-order valence-corrected chi connectivity index (χ0v) is 30.4. The molecule has 3 nitrogen and oxygen atoms in total. The van der Waals surface area contributed by atoms with Gasteiger partial charge in [-0.25, -0.2) is 15.0 Å². The summed E-state index contributed by atoms with van der Waals surface area (Å²) in [5.41, 5.74) is 7.76. The molecule has 1 aromatic heterocycles. The minimum atomic E-state index is 0.637. The molecule has 0 atom stereocenters. The first-order valence-electron chi connectivity index (χ1n) is 19.0. The van der Waals surface area contributed by atoms with Crippen LogP contribution in [-0.4, -0.2) is 15.0 Å². The molecule has 0 radical (unpaired) electrons. The summed E-state index contributed by atoms with van der Waals surface area (Å²) in [6.07, 6.45) is 0. The molecule has 10 aromatic carbocycles. The van der Waals surface area contributed by atoms with Crippen molar-refractivity contribution in [3.05, 3.63) is 200 Å². The predicted molar refractivity (Wildman–Crippen MR) is 235 cm³/mol. The first kappa shape index (κ1) is 32.0. The molecule has 0 unspecified atom stereocenters. The van der Waals surface area contributed by atoms with E-state index < -0.39 is 0 Å². The summed E-state index contributed by atoms with van der Waals surface area (Å²) in [6.45, 7) is 0. The van der Waals surface area contributed by atoms with Gasteiger partial charge in [0, 0.05) is 16.7 Å². The topological polar surface area (TPSA) is 38.7 Å². The van der Waals surface area contributed by atoms with Gasteiger partial charge in [-0.15, -0.1) is 0 Å². The molecule has 11 aromatic rings. The highest BCUT2D eigenvalue weighted by atomic mass is 15.0. The van der Waals surface area contributed by atoms with E-state index >= 15 is 0 Å². The molecular weight excluding hydrogens is 679 g/mol. The van der Waals surface area contributed by atoms with Crippen LogP contribution in [0.1, 0.15) is 0 Å². The molecule has 0 fully saturated rings. The summed E-state index contributed by atoms with van der Waals surface area (Å²) in [7, 11) is 0. The second-order valence-corrected chi connectivity index (χ2v) is 14.3. The van der Waals surface area contributed by atoms with Gasteiger partial charge in [0.2, 0.25) is 0 Å². The molecule has 0 saturated carbocycles. The van der Waals surface area contributed by atoms with Gasteiger partial charge >= 0.3 is 0 Å². The molecular formula is C53H33N3. The summed E-state index contributed by atoms with van der Waals surface area (Å²) < 4.78 is 0. The van der Waals surface area contributed by atoms with Gasteiger partial charge in [0.05, 0.1) is 0 Å². The molecule has 0 aliphatic rings. The Bertz CT molecular complexity index is 3140. The van der Waals surface area contributed by atoms with Crippen molar-refractivity contribution in [1.82, 2.24) is 15.0 Å². The van der Waals surface area contributed by atoms with E-state index in [2.05, 4.69) is 200 Å². The summed E-state index contributed by atoms with van der Waals surface area (Å²) in [5.74, 6) is 1.94. The summed E-state index contributed by atoms with van der Waals surface area (Å²) >= 11 is 0. The van der Waals surface area contributed by atoms with Crippen molar-refractivity contribution in [3.63, 3.8) is 0 Å². The predicted octanol–water partition coefficient (Wildman–Crippen LogP) is 14.0. The fourth-order valence-electron chi connectivity index (χ4n) is 8.55. The Morgan fingerprint density at radius 2 is 0.536 bits per heavy atom. The lowest BCUT2D eigenvalue weighted by Crippen LogP contribution is -2.01. The zero-order valence-electron chi connectivity index (χ0n) is 30.4. The fraction of sp³-hybridized carbons (Fsp3) is 0. The maximum absolute atomic E-state index is 5.18. The van der Waals surface area contributed by atoms with Crippen LogP contribution in [-0.2, 0) is 0 Å². The monoisotopic (exact) mass is 711 g/mol. The van der Waals surface area contributed by atoms with Crippen LogP contribution in [0.2, 0.25) is 0 Å². The van der Waals surface area contributed by atoms with E-state index in [0.29, 0.717) is 17.5 Å². The summed E-state index contributed by atoms with van der Waals surface area (Å²) in [5, 5.41) is 11.9. The van der Waals surface area contributed by atoms with Crippen molar-refractivity contribution >= 4 is 53.9 Å². The number of fused-ring (bicyclic) bond motifs is 5. The average molecular weight is 712 g/mol. The Kier molecular flexibility index (Phi) is 7.49. The van der Waals surface area contributed by atoms with Crippen molar-refractivity contribution in [2.24, 2.45) is 0 Å². The molecule has 260 valence electrons. The number of aromatic nitrogens is 3. The van der Waals surface area contributed by atoms with Gasteiger partial charge in [-0.3, -0.25) is 0 Å². The normalized spacial score (nSPS) is 11.6. The summed E-state index contributed by atoms with van der Waals surface area (Å²) in [4.78, 5) is 15.5. The van der Waals surface area contributed by atoms with E-state index in [9.17, 15) is 0 Å². The van der Waals surface area contributed by atoms with E-state index in [-0.39, 0.29) is 0 Å². The van der Waals surface area contributed by atoms with Gasteiger partial charge in [0.15, 0.2) is 17.5 Å². The van der Waals surface area contributed by atoms with Gasteiger partial charge in [-0.2, -0.15) is 0 Å². The third-order valence-corrected chi connectivity index (χ3v) is 11.1. The van der Waals surface area contributed by atoms with E-state index in [1.54, 1.807) is 0 Å². The highest BCUT2D eigenvalue weighted by molar-refractivity contribution is 6.23. The average Bonchev–Trinajstić information content (AvgIpc) is 3.27. The number of nitrogens with zero attached hydrogens (tertiary/aromatic N) is 3. The third kappa shape index (κ3) is 5.25. The van der Waals surface area contributed by atoms with Crippen LogP contribution in [0.25, 0.3) is 110 Å². The fourth-order valence-corrected chi connectivity index (χ4v) is 8.55. The molecule has 0 spiro atoms. The number of rotatable bonds is 5. The van der Waals surface area contributed by atoms with E-state index in [4.69, 9.17) is 15.0 Å². The lowest BCUT2D eigenvalue weighted by molar-refractivity contribution is 1.08. The van der Waals surface area contributed by atoms with Gasteiger partial charge in [-0.05, 0) is 76.1 Å². The van der Waals surface area contributed by atoms with E-state index in [1.165, 1.54) is 49.0 Å². The Hall–Kier alpha value is -7.49. The first-order chi connectivity index (χ1) is 27.8. The van der Waals surface area contributed by atoms with Crippen molar-refractivity contribution in [3.8, 4) is 56.4 Å². The maximum Gasteiger partial charge on any atom is 0.164 e. The molecule has 0 amide bonds. The molecule has 0 saturated heterocycles. The van der Waals surface area contributed by atoms with Crippen molar-refractivity contribution in [2.75, 3.05) is 0 Å². The van der Waals surface area contributed by atoms with Crippen molar-refractivity contribution in [2.45, 2.75) is 0 Å². The van der Waals surface area contributed by atoms with Gasteiger partial charge in [0.1, 0.15) is 0 Å². The third-order valence-electron chi connectivity index (χ3n) is 11.1. The zero-order chi connectivity index (χ0) is 37.0. The maximum atomic E-state index is 5.18. The number of hydrogen-bond donors (Lipinski definition) is 0. The highest BCUT2D eigenvalue weighted by Gasteiger charge is 2.19. The molecule has 1 heterocycles. The highest BCUT2D eigenvalue weighted by Crippen LogP contribution is 2.45. The Balaban J connectivity index is 1.10. The molecule has 0 bridgehead atoms. The van der Waals surface area contributed by atoms with E-state index in [1.807, 2.05) is 0 Å². The number of hydrogen-bond acceptors (Lipinski definition) is 3. The number of benzene rings is 10. The van der Waals surface area contributed by atoms with E-state index in [0.717, 1.165) is 43.8 Å². The van der Waals surface area contributed by atoms with Crippen molar-refractivity contribution in [1.29, 1.82) is 0 Å². The summed E-state index contributed by atoms with van der Waals surface area (Å²) in [6, 6.07) is 71.2. The molecule has 56 heavy (non-hydrogen) atoms. The van der Waals surface area contributed by atoms with Gasteiger partial charge in [-0.1, -0.05) is 200 Å². The molecule has 3 heteroatoms. The van der Waals surface area contributed by atoms with Crippen LogP contribution < -0.4 is 0 Å².